The minimum atomic E-state index is -0.104. The Morgan fingerprint density at radius 3 is 2.75 bits per heavy atom. The van der Waals surface area contributed by atoms with Crippen LogP contribution in [0.3, 0.4) is 0 Å². The van der Waals surface area contributed by atoms with E-state index in [2.05, 4.69) is 24.1 Å². The first kappa shape index (κ1) is 11.4. The third kappa shape index (κ3) is 4.33. The van der Waals surface area contributed by atoms with Gasteiger partial charge in [0.1, 0.15) is 0 Å². The Morgan fingerprint density at radius 2 is 2.33 bits per heavy atom. The van der Waals surface area contributed by atoms with Crippen LogP contribution in [0.15, 0.2) is 17.6 Å². The fraction of sp³-hybridized carbons (Fsp3) is 0.571. The van der Waals surface area contributed by atoms with Gasteiger partial charge in [0.15, 0.2) is 0 Å². The van der Waals surface area contributed by atoms with Gasteiger partial charge in [0.2, 0.25) is 0 Å². The molecule has 0 N–H and O–H groups in total. The van der Waals surface area contributed by atoms with E-state index >= 15 is 0 Å². The number of rotatable bonds is 6. The van der Waals surface area contributed by atoms with E-state index in [1.54, 1.807) is 4.90 Å². The van der Waals surface area contributed by atoms with E-state index in [1.165, 1.54) is 6.08 Å². The van der Waals surface area contributed by atoms with E-state index in [4.69, 9.17) is 7.64 Å². The number of thiol groups is 1. The molecular weight excluding hydrogens is 171 g/mol. The zero-order valence-corrected chi connectivity index (χ0v) is 7.83. The van der Waals surface area contributed by atoms with Gasteiger partial charge in [-0.05, 0) is 0 Å². The van der Waals surface area contributed by atoms with Gasteiger partial charge < -0.3 is 0 Å². The normalized spacial score (nSPS) is 9.00. The Balaban J connectivity index is 3.92. The van der Waals surface area contributed by atoms with Gasteiger partial charge in [-0.15, -0.1) is 0 Å². The van der Waals surface area contributed by atoms with Gasteiger partial charge in [0, 0.05) is 0 Å². The van der Waals surface area contributed by atoms with Crippen LogP contribution < -0.4 is 0 Å². The van der Waals surface area contributed by atoms with Crippen LogP contribution in [-0.2, 0) is 4.79 Å². The molecule has 0 aliphatic rings. The Labute approximate surface area is 79.4 Å². The second-order valence-electron chi connectivity index (χ2n) is 2.16. The van der Waals surface area contributed by atoms with Gasteiger partial charge in [-0.3, -0.25) is 0 Å². The molecule has 65 valence electrons. The molecule has 0 rings (SSSR count). The first-order valence-corrected chi connectivity index (χ1v) is 4.28. The molecule has 1 amide bonds. The van der Waals surface area contributed by atoms with Crippen molar-refractivity contribution in [1.29, 1.82) is 0 Å². The summed E-state index contributed by atoms with van der Waals surface area (Å²) in [5.74, 6) is 0.525. The molecule has 0 saturated heterocycles. The first-order valence-electron chi connectivity index (χ1n) is 3.65. The van der Waals surface area contributed by atoms with E-state index in [0.29, 0.717) is 25.4 Å². The summed E-state index contributed by atoms with van der Waals surface area (Å²) >= 11 is 4.03. The molecule has 0 unspecified atom stereocenters. The van der Waals surface area contributed by atoms with Crippen LogP contribution >= 0.6 is 12.6 Å². The summed E-state index contributed by atoms with van der Waals surface area (Å²) in [6, 6.07) is 0. The molecule has 0 aromatic heterocycles. The van der Waals surface area contributed by atoms with Crippen LogP contribution in [0.25, 0.3) is 0 Å². The Hall–Kier alpha value is -0.575. The maximum absolute atomic E-state index is 11.1. The van der Waals surface area contributed by atoms with E-state index < -0.39 is 0 Å². The Bertz CT molecular complexity index is 175. The van der Waals surface area contributed by atoms with Crippen LogP contribution in [0.1, 0.15) is 0 Å². The van der Waals surface area contributed by atoms with Gasteiger partial charge in [-0.2, -0.15) is 0 Å². The molecule has 0 aromatic rings. The van der Waals surface area contributed by atoms with Crippen molar-refractivity contribution >= 4 is 26.2 Å². The Morgan fingerprint density at radius 1 is 1.67 bits per heavy atom. The summed E-state index contributed by atoms with van der Waals surface area (Å²) in [7, 11) is 4.96. The van der Waals surface area contributed by atoms with Crippen molar-refractivity contribution in [2.45, 2.75) is 0 Å². The molecule has 1 radical (unpaired) electrons. The van der Waals surface area contributed by atoms with Crippen molar-refractivity contribution in [3.8, 4) is 0 Å². The van der Waals surface area contributed by atoms with Gasteiger partial charge in [-0.1, -0.05) is 0 Å². The third-order valence-corrected chi connectivity index (χ3v) is 1.56. The second kappa shape index (κ2) is 7.09. The molecule has 0 atom stereocenters. The van der Waals surface area contributed by atoms with Crippen molar-refractivity contribution in [3.05, 3.63) is 12.7 Å². The second-order valence-corrected chi connectivity index (χ2v) is 2.61. The fourth-order valence-electron chi connectivity index (χ4n) is 0.760. The zero-order valence-electron chi connectivity index (χ0n) is 6.94. The fourth-order valence-corrected chi connectivity index (χ4v) is 1.00. The molecule has 0 aliphatic carbocycles. The van der Waals surface area contributed by atoms with E-state index in [9.17, 15) is 4.79 Å². The summed E-state index contributed by atoms with van der Waals surface area (Å²) in [5.41, 5.74) is 0. The quantitative estimate of drug-likeness (QED) is 0.358. The van der Waals surface area contributed by atoms with Gasteiger partial charge >= 0.3 is 78.8 Å². The van der Waals surface area contributed by atoms with Crippen molar-refractivity contribution in [1.82, 2.24) is 4.90 Å². The van der Waals surface area contributed by atoms with Crippen molar-refractivity contribution in [2.24, 2.45) is 4.90 Å². The van der Waals surface area contributed by atoms with Crippen LogP contribution in [-0.4, -0.2) is 43.8 Å². The first-order chi connectivity index (χ1) is 5.76. The molecule has 0 fully saturated rings. The average Bonchev–Trinajstić information content (AvgIpc) is 2.11. The molecule has 0 aromatic carbocycles. The summed E-state index contributed by atoms with van der Waals surface area (Å²) in [6.07, 6.45) is 1.28. The summed E-state index contributed by atoms with van der Waals surface area (Å²) in [5, 5.41) is 0. The number of hydrogen-bond acceptors (Lipinski definition) is 3. The van der Waals surface area contributed by atoms with Crippen LogP contribution in [0.5, 0.6) is 0 Å². The van der Waals surface area contributed by atoms with Crippen molar-refractivity contribution in [2.75, 3.05) is 25.4 Å². The number of carbonyl (C=O) groups is 1. The molecule has 12 heavy (non-hydrogen) atoms. The minimum absolute atomic E-state index is 0.104. The molecule has 3 nitrogen and oxygen atoms in total. The number of nitrogens with zero attached hydrogens (tertiary/aromatic N) is 2. The van der Waals surface area contributed by atoms with Gasteiger partial charge in [0.25, 0.3) is 0 Å². The molecule has 0 saturated carbocycles. The van der Waals surface area contributed by atoms with Gasteiger partial charge in [0.05, 0.1) is 0 Å². The predicted molar refractivity (Wildman–Crippen MR) is 53.7 cm³/mol. The number of hydrogen-bond donors (Lipinski definition) is 1. The summed E-state index contributed by atoms with van der Waals surface area (Å²) in [6.45, 7) is 4.98. The predicted octanol–water partition coefficient (Wildman–Crippen LogP) is 0.283. The summed E-state index contributed by atoms with van der Waals surface area (Å²) in [4.78, 5) is 16.1. The molecule has 0 spiro atoms. The van der Waals surface area contributed by atoms with Crippen LogP contribution in [0.4, 0.5) is 0 Å². The number of carbonyl (C=O) groups excluding carboxylic acids is 1. The number of amides is 1. The van der Waals surface area contributed by atoms with E-state index in [-0.39, 0.29) is 5.91 Å². The Kier molecular flexibility index (Phi) is 6.75. The van der Waals surface area contributed by atoms with Crippen LogP contribution in [0.2, 0.25) is 0 Å². The topological polar surface area (TPSA) is 32.7 Å². The SMILES string of the molecule is [B]=NCCN(CCS)C(=O)C=C. The van der Waals surface area contributed by atoms with Crippen molar-refractivity contribution in [3.63, 3.8) is 0 Å². The summed E-state index contributed by atoms with van der Waals surface area (Å²) < 4.78 is 0. The van der Waals surface area contributed by atoms with E-state index in [1.807, 2.05) is 0 Å². The molecule has 0 heterocycles. The van der Waals surface area contributed by atoms with Gasteiger partial charge in [-0.25, -0.2) is 0 Å². The third-order valence-electron chi connectivity index (χ3n) is 1.36. The molecular formula is C7H12BN2OS. The monoisotopic (exact) mass is 183 g/mol. The molecule has 0 bridgehead atoms. The maximum atomic E-state index is 11.1. The van der Waals surface area contributed by atoms with E-state index in [0.717, 1.165) is 0 Å². The van der Waals surface area contributed by atoms with Crippen LogP contribution in [0, 0.1) is 0 Å². The average molecular weight is 183 g/mol. The standard InChI is InChI=1S/C7H12BN2OS/c1-2-7(11)10(5-6-12)4-3-9-8/h2,12H,1,3-6H2. The molecule has 0 aliphatic heterocycles. The van der Waals surface area contributed by atoms with Crippen molar-refractivity contribution < 1.29 is 4.79 Å². The molecule has 5 heteroatoms. The zero-order chi connectivity index (χ0) is 9.40.